The van der Waals surface area contributed by atoms with Gasteiger partial charge in [-0.2, -0.15) is 0 Å². The van der Waals surface area contributed by atoms with Crippen molar-refractivity contribution in [2.75, 3.05) is 0 Å². The van der Waals surface area contributed by atoms with Crippen molar-refractivity contribution in [1.82, 2.24) is 0 Å². The van der Waals surface area contributed by atoms with Crippen LogP contribution < -0.4 is 9.47 Å². The number of fused-ring (bicyclic) bond motifs is 1. The third kappa shape index (κ3) is 3.86. The molecule has 0 aliphatic carbocycles. The van der Waals surface area contributed by atoms with E-state index in [-0.39, 0.29) is 17.4 Å². The van der Waals surface area contributed by atoms with E-state index >= 15 is 0 Å². The molecule has 0 N–H and O–H groups in total. The van der Waals surface area contributed by atoms with Crippen LogP contribution in [0.4, 0.5) is 4.39 Å². The van der Waals surface area contributed by atoms with Crippen LogP contribution in [0.25, 0.3) is 6.08 Å². The Balaban J connectivity index is 1.51. The highest BCUT2D eigenvalue weighted by Gasteiger charge is 2.27. The minimum atomic E-state index is -0.370. The predicted molar refractivity (Wildman–Crippen MR) is 102 cm³/mol. The molecule has 0 unspecified atom stereocenters. The first-order valence-corrected chi connectivity index (χ1v) is 8.67. The molecule has 0 radical (unpaired) electrons. The normalized spacial score (nSPS) is 14.1. The lowest BCUT2D eigenvalue weighted by atomic mass is 10.1. The fourth-order valence-corrected chi connectivity index (χ4v) is 2.88. The third-order valence-corrected chi connectivity index (χ3v) is 4.36. The second-order valence-corrected chi connectivity index (χ2v) is 6.50. The molecule has 0 saturated carbocycles. The van der Waals surface area contributed by atoms with Crippen molar-refractivity contribution in [3.63, 3.8) is 0 Å². The molecule has 0 amide bonds. The first-order chi connectivity index (χ1) is 13.1. The highest BCUT2D eigenvalue weighted by molar-refractivity contribution is 6.30. The van der Waals surface area contributed by atoms with Crippen molar-refractivity contribution in [2.45, 2.75) is 6.61 Å². The van der Waals surface area contributed by atoms with Crippen LogP contribution in [0, 0.1) is 5.82 Å². The maximum absolute atomic E-state index is 13.3. The second kappa shape index (κ2) is 7.25. The summed E-state index contributed by atoms with van der Waals surface area (Å²) in [7, 11) is 0. The predicted octanol–water partition coefficient (Wildman–Crippen LogP) is 5.67. The standard InChI is InChI=1S/C22H14ClFO3/c23-16-6-4-14(5-7-16)13-26-18-8-9-19-20(12-18)27-21(22(19)25)11-15-2-1-3-17(24)10-15/h1-12H,13H2/b21-11-. The molecule has 1 aliphatic heterocycles. The van der Waals surface area contributed by atoms with Crippen molar-refractivity contribution in [3.8, 4) is 11.5 Å². The molecule has 0 atom stereocenters. The van der Waals surface area contributed by atoms with E-state index < -0.39 is 0 Å². The van der Waals surface area contributed by atoms with E-state index in [2.05, 4.69) is 0 Å². The van der Waals surface area contributed by atoms with Gasteiger partial charge in [0.1, 0.15) is 23.9 Å². The Morgan fingerprint density at radius 2 is 1.85 bits per heavy atom. The molecule has 1 heterocycles. The minimum absolute atomic E-state index is 0.158. The zero-order chi connectivity index (χ0) is 18.8. The number of Topliss-reactive ketones (excluding diaryl/α,β-unsaturated/α-hetero) is 1. The van der Waals surface area contributed by atoms with Crippen LogP contribution in [0.5, 0.6) is 11.5 Å². The average Bonchev–Trinajstić information content (AvgIpc) is 2.96. The zero-order valence-electron chi connectivity index (χ0n) is 14.1. The van der Waals surface area contributed by atoms with E-state index in [9.17, 15) is 9.18 Å². The van der Waals surface area contributed by atoms with Gasteiger partial charge >= 0.3 is 0 Å². The van der Waals surface area contributed by atoms with Crippen molar-refractivity contribution in [1.29, 1.82) is 0 Å². The number of ether oxygens (including phenoxy) is 2. The summed E-state index contributed by atoms with van der Waals surface area (Å²) in [4.78, 5) is 12.5. The van der Waals surface area contributed by atoms with Gasteiger partial charge in [0.15, 0.2) is 5.76 Å². The third-order valence-electron chi connectivity index (χ3n) is 4.11. The van der Waals surface area contributed by atoms with Gasteiger partial charge in [0.25, 0.3) is 0 Å². The smallest absolute Gasteiger partial charge is 0.231 e. The summed E-state index contributed by atoms with van der Waals surface area (Å²) in [5.74, 6) is 0.564. The average molecular weight is 381 g/mol. The number of halogens is 2. The summed E-state index contributed by atoms with van der Waals surface area (Å²) >= 11 is 5.87. The highest BCUT2D eigenvalue weighted by atomic mass is 35.5. The van der Waals surface area contributed by atoms with Gasteiger partial charge in [-0.3, -0.25) is 4.79 Å². The van der Waals surface area contributed by atoms with Gasteiger partial charge in [-0.25, -0.2) is 4.39 Å². The molecule has 3 aromatic carbocycles. The molecule has 0 aromatic heterocycles. The highest BCUT2D eigenvalue weighted by Crippen LogP contribution is 2.35. The quantitative estimate of drug-likeness (QED) is 0.547. The Kier molecular flexibility index (Phi) is 4.65. The summed E-state index contributed by atoms with van der Waals surface area (Å²) in [5.41, 5.74) is 1.99. The molecule has 3 nitrogen and oxygen atoms in total. The molecule has 134 valence electrons. The fraction of sp³-hybridized carbons (Fsp3) is 0.0455. The van der Waals surface area contributed by atoms with E-state index in [1.54, 1.807) is 42.5 Å². The molecule has 0 fully saturated rings. The van der Waals surface area contributed by atoms with Crippen LogP contribution in [0.2, 0.25) is 5.02 Å². The lowest BCUT2D eigenvalue weighted by Gasteiger charge is -2.07. The van der Waals surface area contributed by atoms with Crippen molar-refractivity contribution in [2.24, 2.45) is 0 Å². The maximum Gasteiger partial charge on any atom is 0.231 e. The van der Waals surface area contributed by atoms with Gasteiger partial charge in [-0.05, 0) is 53.6 Å². The first kappa shape index (κ1) is 17.3. The van der Waals surface area contributed by atoms with Gasteiger partial charge in [0, 0.05) is 11.1 Å². The monoisotopic (exact) mass is 380 g/mol. The van der Waals surface area contributed by atoms with E-state index in [4.69, 9.17) is 21.1 Å². The van der Waals surface area contributed by atoms with Crippen LogP contribution in [0.15, 0.2) is 72.5 Å². The molecule has 0 saturated heterocycles. The first-order valence-electron chi connectivity index (χ1n) is 8.29. The Hall–Kier alpha value is -3.11. The van der Waals surface area contributed by atoms with Crippen LogP contribution in [0.1, 0.15) is 21.5 Å². The Labute approximate surface area is 160 Å². The zero-order valence-corrected chi connectivity index (χ0v) is 14.9. The second-order valence-electron chi connectivity index (χ2n) is 6.07. The van der Waals surface area contributed by atoms with Crippen molar-refractivity contribution < 1.29 is 18.7 Å². The molecular formula is C22H14ClFO3. The van der Waals surface area contributed by atoms with Gasteiger partial charge in [-0.1, -0.05) is 35.9 Å². The van der Waals surface area contributed by atoms with Gasteiger partial charge in [-0.15, -0.1) is 0 Å². The molecule has 4 rings (SSSR count). The van der Waals surface area contributed by atoms with Gasteiger partial charge in [0.05, 0.1) is 5.56 Å². The summed E-state index contributed by atoms with van der Waals surface area (Å²) < 4.78 is 24.7. The molecular weight excluding hydrogens is 367 g/mol. The summed E-state index contributed by atoms with van der Waals surface area (Å²) in [6.45, 7) is 0.371. The lowest BCUT2D eigenvalue weighted by Crippen LogP contribution is -1.98. The molecule has 1 aliphatic rings. The number of carbonyl (C=O) groups is 1. The molecule has 5 heteroatoms. The summed E-state index contributed by atoms with van der Waals surface area (Å²) in [6.07, 6.45) is 1.53. The fourth-order valence-electron chi connectivity index (χ4n) is 2.75. The number of benzene rings is 3. The molecule has 27 heavy (non-hydrogen) atoms. The number of hydrogen-bond donors (Lipinski definition) is 0. The van der Waals surface area contributed by atoms with Crippen LogP contribution in [-0.4, -0.2) is 5.78 Å². The molecule has 3 aromatic rings. The van der Waals surface area contributed by atoms with E-state index in [1.807, 2.05) is 12.1 Å². The minimum Gasteiger partial charge on any atom is -0.489 e. The number of hydrogen-bond acceptors (Lipinski definition) is 3. The Bertz CT molecular complexity index is 1040. The van der Waals surface area contributed by atoms with Crippen molar-refractivity contribution in [3.05, 3.63) is 100 Å². The Morgan fingerprint density at radius 3 is 2.63 bits per heavy atom. The van der Waals surface area contributed by atoms with Gasteiger partial charge < -0.3 is 9.47 Å². The summed E-state index contributed by atoms with van der Waals surface area (Å²) in [6, 6.07) is 18.4. The van der Waals surface area contributed by atoms with E-state index in [0.29, 0.717) is 34.3 Å². The maximum atomic E-state index is 13.3. The number of carbonyl (C=O) groups excluding carboxylic acids is 1. The Morgan fingerprint density at radius 1 is 1.04 bits per heavy atom. The number of allylic oxidation sites excluding steroid dienone is 1. The lowest BCUT2D eigenvalue weighted by molar-refractivity contribution is 0.101. The largest absolute Gasteiger partial charge is 0.489 e. The number of ketones is 1. The van der Waals surface area contributed by atoms with Crippen molar-refractivity contribution >= 4 is 23.5 Å². The van der Waals surface area contributed by atoms with Crippen LogP contribution in [0.3, 0.4) is 0 Å². The SMILES string of the molecule is O=C1/C(=C/c2cccc(F)c2)Oc2cc(OCc3ccc(Cl)cc3)ccc21. The van der Waals surface area contributed by atoms with E-state index in [0.717, 1.165) is 5.56 Å². The van der Waals surface area contributed by atoms with Gasteiger partial charge in [0.2, 0.25) is 5.78 Å². The summed E-state index contributed by atoms with van der Waals surface area (Å²) in [5, 5.41) is 0.667. The van der Waals surface area contributed by atoms with E-state index in [1.165, 1.54) is 18.2 Å². The number of rotatable bonds is 4. The molecule has 0 bridgehead atoms. The van der Waals surface area contributed by atoms with Crippen LogP contribution in [-0.2, 0) is 6.61 Å². The topological polar surface area (TPSA) is 35.5 Å². The van der Waals surface area contributed by atoms with Crippen LogP contribution >= 0.6 is 11.6 Å². The molecule has 0 spiro atoms.